The van der Waals surface area contributed by atoms with Crippen molar-refractivity contribution in [2.75, 3.05) is 20.2 Å². The van der Waals surface area contributed by atoms with Gasteiger partial charge in [0.15, 0.2) is 0 Å². The molecule has 0 amide bonds. The monoisotopic (exact) mass is 239 g/mol. The van der Waals surface area contributed by atoms with Gasteiger partial charge in [-0.1, -0.05) is 5.16 Å². The first kappa shape index (κ1) is 12.5. The second-order valence-corrected chi connectivity index (χ2v) is 4.67. The largest absolute Gasteiger partial charge is 0.381 e. The van der Waals surface area contributed by atoms with Crippen molar-refractivity contribution in [3.05, 3.63) is 17.5 Å². The van der Waals surface area contributed by atoms with Gasteiger partial charge >= 0.3 is 0 Å². The van der Waals surface area contributed by atoms with Gasteiger partial charge in [0.1, 0.15) is 5.76 Å². The fourth-order valence-electron chi connectivity index (χ4n) is 2.43. The zero-order chi connectivity index (χ0) is 12.3. The van der Waals surface area contributed by atoms with E-state index in [0.717, 1.165) is 37.4 Å². The summed E-state index contributed by atoms with van der Waals surface area (Å²) in [7, 11) is 1.77. The number of methoxy groups -OCH3 is 1. The van der Waals surface area contributed by atoms with Crippen molar-refractivity contribution in [1.29, 1.82) is 0 Å². The molecular formula is C12H21N3O2. The maximum atomic E-state index is 5.83. The van der Waals surface area contributed by atoms with Crippen LogP contribution in [0, 0.1) is 6.92 Å². The quantitative estimate of drug-likeness (QED) is 0.846. The van der Waals surface area contributed by atoms with Crippen molar-refractivity contribution in [2.45, 2.75) is 38.5 Å². The number of ether oxygens (including phenoxy) is 1. The summed E-state index contributed by atoms with van der Waals surface area (Å²) < 4.78 is 10.5. The van der Waals surface area contributed by atoms with Gasteiger partial charge in [-0.3, -0.25) is 4.90 Å². The van der Waals surface area contributed by atoms with Crippen LogP contribution in [0.2, 0.25) is 0 Å². The lowest BCUT2D eigenvalue weighted by atomic mass is 9.99. The van der Waals surface area contributed by atoms with E-state index in [-0.39, 0.29) is 0 Å². The smallest absolute Gasteiger partial charge is 0.133 e. The van der Waals surface area contributed by atoms with Gasteiger partial charge in [0.2, 0.25) is 0 Å². The van der Waals surface area contributed by atoms with Crippen molar-refractivity contribution in [3.63, 3.8) is 0 Å². The molecule has 1 saturated heterocycles. The lowest BCUT2D eigenvalue weighted by Gasteiger charge is -2.37. The standard InChI is InChI=1S/C12H21N3O2/c1-9-5-10(14-17-9)8-15-4-3-12(16-2)6-11(15)7-13/h5,11-12H,3-4,6-8,13H2,1-2H3. The third-order valence-corrected chi connectivity index (χ3v) is 3.44. The van der Waals surface area contributed by atoms with E-state index in [2.05, 4.69) is 10.1 Å². The summed E-state index contributed by atoms with van der Waals surface area (Å²) in [6, 6.07) is 2.36. The van der Waals surface area contributed by atoms with Gasteiger partial charge in [-0.05, 0) is 19.8 Å². The van der Waals surface area contributed by atoms with Crippen molar-refractivity contribution < 1.29 is 9.26 Å². The molecule has 0 saturated carbocycles. The molecule has 2 rings (SSSR count). The predicted octanol–water partition coefficient (Wildman–Crippen LogP) is 0.921. The molecule has 0 aliphatic carbocycles. The van der Waals surface area contributed by atoms with Crippen LogP contribution < -0.4 is 5.73 Å². The lowest BCUT2D eigenvalue weighted by molar-refractivity contribution is 0.00949. The number of hydrogen-bond donors (Lipinski definition) is 1. The SMILES string of the molecule is COC1CCN(Cc2cc(C)on2)C(CN)C1. The topological polar surface area (TPSA) is 64.5 Å². The normalized spacial score (nSPS) is 26.3. The predicted molar refractivity (Wildman–Crippen MR) is 64.5 cm³/mol. The Morgan fingerprint density at radius 3 is 3.06 bits per heavy atom. The molecule has 1 fully saturated rings. The van der Waals surface area contributed by atoms with E-state index < -0.39 is 0 Å². The van der Waals surface area contributed by atoms with Gasteiger partial charge in [0.25, 0.3) is 0 Å². The molecule has 96 valence electrons. The Morgan fingerprint density at radius 1 is 1.65 bits per heavy atom. The van der Waals surface area contributed by atoms with E-state index in [9.17, 15) is 0 Å². The molecule has 1 aromatic heterocycles. The van der Waals surface area contributed by atoms with Crippen molar-refractivity contribution in [2.24, 2.45) is 5.73 Å². The molecule has 1 aliphatic rings. The minimum Gasteiger partial charge on any atom is -0.381 e. The Labute approximate surface area is 102 Å². The molecule has 2 atom stereocenters. The molecule has 0 spiro atoms. The Hall–Kier alpha value is -0.910. The number of likely N-dealkylation sites (tertiary alicyclic amines) is 1. The van der Waals surface area contributed by atoms with Crippen molar-refractivity contribution in [1.82, 2.24) is 10.1 Å². The van der Waals surface area contributed by atoms with Gasteiger partial charge in [-0.15, -0.1) is 0 Å². The summed E-state index contributed by atoms with van der Waals surface area (Å²) in [5.41, 5.74) is 6.81. The summed E-state index contributed by atoms with van der Waals surface area (Å²) in [6.45, 7) is 4.40. The minimum absolute atomic E-state index is 0.346. The second-order valence-electron chi connectivity index (χ2n) is 4.67. The summed E-state index contributed by atoms with van der Waals surface area (Å²) in [5, 5.41) is 4.03. The molecule has 0 radical (unpaired) electrons. The van der Waals surface area contributed by atoms with Crippen LogP contribution in [0.25, 0.3) is 0 Å². The molecule has 5 heteroatoms. The zero-order valence-electron chi connectivity index (χ0n) is 10.6. The molecule has 0 bridgehead atoms. The van der Waals surface area contributed by atoms with Crippen LogP contribution in [0.4, 0.5) is 0 Å². The molecule has 1 aliphatic heterocycles. The maximum Gasteiger partial charge on any atom is 0.133 e. The van der Waals surface area contributed by atoms with Gasteiger partial charge in [0, 0.05) is 38.9 Å². The summed E-state index contributed by atoms with van der Waals surface area (Å²) in [4.78, 5) is 2.37. The van der Waals surface area contributed by atoms with Gasteiger partial charge in [-0.2, -0.15) is 0 Å². The summed E-state index contributed by atoms with van der Waals surface area (Å²) in [5.74, 6) is 0.857. The van der Waals surface area contributed by atoms with Gasteiger partial charge < -0.3 is 15.0 Å². The van der Waals surface area contributed by atoms with Gasteiger partial charge in [-0.25, -0.2) is 0 Å². The first-order chi connectivity index (χ1) is 8.22. The first-order valence-corrected chi connectivity index (χ1v) is 6.12. The van der Waals surface area contributed by atoms with E-state index in [1.165, 1.54) is 0 Å². The Balaban J connectivity index is 1.95. The van der Waals surface area contributed by atoms with E-state index >= 15 is 0 Å². The van der Waals surface area contributed by atoms with E-state index in [1.807, 2.05) is 13.0 Å². The van der Waals surface area contributed by atoms with Gasteiger partial charge in [0.05, 0.1) is 11.8 Å². The number of rotatable bonds is 4. The second kappa shape index (κ2) is 5.62. The lowest BCUT2D eigenvalue weighted by Crippen LogP contribution is -2.48. The highest BCUT2D eigenvalue weighted by atomic mass is 16.5. The Bertz CT molecular complexity index is 353. The van der Waals surface area contributed by atoms with Crippen LogP contribution in [0.1, 0.15) is 24.3 Å². The van der Waals surface area contributed by atoms with E-state index in [1.54, 1.807) is 7.11 Å². The van der Waals surface area contributed by atoms with Crippen LogP contribution in [0.5, 0.6) is 0 Å². The van der Waals surface area contributed by atoms with E-state index in [4.69, 9.17) is 15.0 Å². The van der Waals surface area contributed by atoms with E-state index in [0.29, 0.717) is 18.7 Å². The molecular weight excluding hydrogens is 218 g/mol. The Kier molecular flexibility index (Phi) is 4.15. The zero-order valence-corrected chi connectivity index (χ0v) is 10.6. The maximum absolute atomic E-state index is 5.83. The molecule has 2 heterocycles. The number of aryl methyl sites for hydroxylation is 1. The van der Waals surface area contributed by atoms with Crippen LogP contribution in [0.3, 0.4) is 0 Å². The molecule has 17 heavy (non-hydrogen) atoms. The average Bonchev–Trinajstić information content (AvgIpc) is 2.75. The number of hydrogen-bond acceptors (Lipinski definition) is 5. The molecule has 2 N–H and O–H groups in total. The number of nitrogens with two attached hydrogens (primary N) is 1. The third kappa shape index (κ3) is 3.06. The highest BCUT2D eigenvalue weighted by Gasteiger charge is 2.27. The highest BCUT2D eigenvalue weighted by Crippen LogP contribution is 2.21. The fourth-order valence-corrected chi connectivity index (χ4v) is 2.43. The molecule has 5 nitrogen and oxygen atoms in total. The van der Waals surface area contributed by atoms with Crippen LogP contribution in [0.15, 0.2) is 10.6 Å². The molecule has 0 aromatic carbocycles. The van der Waals surface area contributed by atoms with Crippen LogP contribution >= 0.6 is 0 Å². The minimum atomic E-state index is 0.346. The number of aromatic nitrogens is 1. The van der Waals surface area contributed by atoms with Crippen molar-refractivity contribution in [3.8, 4) is 0 Å². The summed E-state index contributed by atoms with van der Waals surface area (Å²) >= 11 is 0. The molecule has 1 aromatic rings. The Morgan fingerprint density at radius 2 is 2.47 bits per heavy atom. The van der Waals surface area contributed by atoms with Crippen molar-refractivity contribution >= 4 is 0 Å². The average molecular weight is 239 g/mol. The summed E-state index contributed by atoms with van der Waals surface area (Å²) in [6.07, 6.45) is 2.41. The fraction of sp³-hybridized carbons (Fsp3) is 0.750. The van der Waals surface area contributed by atoms with Crippen LogP contribution in [-0.2, 0) is 11.3 Å². The van der Waals surface area contributed by atoms with Crippen LogP contribution in [-0.4, -0.2) is 42.4 Å². The first-order valence-electron chi connectivity index (χ1n) is 6.12. The molecule has 2 unspecified atom stereocenters. The number of piperidine rings is 1. The number of nitrogens with zero attached hydrogens (tertiary/aromatic N) is 2. The third-order valence-electron chi connectivity index (χ3n) is 3.44. The highest BCUT2D eigenvalue weighted by molar-refractivity contribution is 5.04.